The van der Waals surface area contributed by atoms with E-state index in [-0.39, 0.29) is 0 Å². The third kappa shape index (κ3) is 2.54. The van der Waals surface area contributed by atoms with Crippen molar-refractivity contribution < 1.29 is 4.74 Å². The minimum absolute atomic E-state index is 0.897. The number of hydrogen-bond acceptors (Lipinski definition) is 2. The smallest absolute Gasteiger partial charge is 0.118 e. The summed E-state index contributed by atoms with van der Waals surface area (Å²) in [6.45, 7) is 0. The van der Waals surface area contributed by atoms with E-state index in [4.69, 9.17) is 10.5 Å². The SMILES string of the molecule is COc1ccc(CCc2ccc3c(c2N)Cc2ccccc2-3)cc1. The van der Waals surface area contributed by atoms with Gasteiger partial charge in [-0.1, -0.05) is 48.5 Å². The number of nitrogen functional groups attached to an aromatic ring is 1. The van der Waals surface area contributed by atoms with Crippen LogP contribution in [0.4, 0.5) is 5.69 Å². The van der Waals surface area contributed by atoms with Crippen molar-refractivity contribution in [2.75, 3.05) is 12.8 Å². The zero-order valence-electron chi connectivity index (χ0n) is 13.9. The van der Waals surface area contributed by atoms with Crippen LogP contribution in [0.5, 0.6) is 5.75 Å². The molecule has 0 fully saturated rings. The standard InChI is InChI=1S/C22H21NO/c1-24-18-11-7-15(8-12-18)6-9-16-10-13-20-19-5-3-2-4-17(19)14-21(20)22(16)23/h2-5,7-8,10-13H,6,9,14,23H2,1H3. The second-order valence-electron chi connectivity index (χ2n) is 6.35. The second-order valence-corrected chi connectivity index (χ2v) is 6.35. The lowest BCUT2D eigenvalue weighted by molar-refractivity contribution is 0.414. The molecule has 0 atom stereocenters. The molecule has 3 aromatic rings. The van der Waals surface area contributed by atoms with Gasteiger partial charge in [-0.15, -0.1) is 0 Å². The Kier molecular flexibility index (Phi) is 3.73. The average molecular weight is 315 g/mol. The summed E-state index contributed by atoms with van der Waals surface area (Å²) >= 11 is 0. The predicted octanol–water partition coefficient (Wildman–Crippen LogP) is 4.63. The summed E-state index contributed by atoms with van der Waals surface area (Å²) in [6, 6.07) is 21.3. The summed E-state index contributed by atoms with van der Waals surface area (Å²) in [5.41, 5.74) is 15.3. The van der Waals surface area contributed by atoms with Crippen LogP contribution in [-0.4, -0.2) is 7.11 Å². The topological polar surface area (TPSA) is 35.2 Å². The lowest BCUT2D eigenvalue weighted by atomic mass is 9.97. The molecular weight excluding hydrogens is 294 g/mol. The van der Waals surface area contributed by atoms with E-state index in [1.165, 1.54) is 33.4 Å². The number of benzene rings is 3. The first kappa shape index (κ1) is 14.8. The molecule has 1 aliphatic rings. The number of fused-ring (bicyclic) bond motifs is 3. The number of hydrogen-bond donors (Lipinski definition) is 1. The lowest BCUT2D eigenvalue weighted by Crippen LogP contribution is -2.01. The molecule has 0 unspecified atom stereocenters. The second kappa shape index (κ2) is 6.04. The van der Waals surface area contributed by atoms with Crippen molar-refractivity contribution in [1.82, 2.24) is 0 Å². The number of nitrogens with two attached hydrogens (primary N) is 1. The van der Waals surface area contributed by atoms with E-state index < -0.39 is 0 Å². The van der Waals surface area contributed by atoms with Crippen LogP contribution in [0.15, 0.2) is 60.7 Å². The molecule has 0 saturated carbocycles. The quantitative estimate of drug-likeness (QED) is 0.557. The van der Waals surface area contributed by atoms with Crippen LogP contribution in [0.3, 0.4) is 0 Å². The number of anilines is 1. The summed E-state index contributed by atoms with van der Waals surface area (Å²) in [5, 5.41) is 0. The Morgan fingerprint density at radius 1 is 0.875 bits per heavy atom. The fourth-order valence-corrected chi connectivity index (χ4v) is 3.57. The fraction of sp³-hybridized carbons (Fsp3) is 0.182. The number of methoxy groups -OCH3 is 1. The highest BCUT2D eigenvalue weighted by Gasteiger charge is 2.21. The molecule has 0 saturated heterocycles. The van der Waals surface area contributed by atoms with Crippen molar-refractivity contribution >= 4 is 5.69 Å². The summed E-state index contributed by atoms with van der Waals surface area (Å²) < 4.78 is 5.21. The van der Waals surface area contributed by atoms with Gasteiger partial charge in [0.25, 0.3) is 0 Å². The molecule has 0 aliphatic heterocycles. The van der Waals surface area contributed by atoms with Gasteiger partial charge in [0.05, 0.1) is 7.11 Å². The maximum Gasteiger partial charge on any atom is 0.118 e. The largest absolute Gasteiger partial charge is 0.497 e. The molecule has 0 aromatic heterocycles. The van der Waals surface area contributed by atoms with Gasteiger partial charge in [-0.05, 0) is 58.4 Å². The Balaban J connectivity index is 1.56. The van der Waals surface area contributed by atoms with Gasteiger partial charge in [0.15, 0.2) is 0 Å². The van der Waals surface area contributed by atoms with Gasteiger partial charge in [-0.2, -0.15) is 0 Å². The van der Waals surface area contributed by atoms with Crippen molar-refractivity contribution in [3.8, 4) is 16.9 Å². The van der Waals surface area contributed by atoms with Gasteiger partial charge in [0.2, 0.25) is 0 Å². The maximum atomic E-state index is 6.50. The van der Waals surface area contributed by atoms with Crippen molar-refractivity contribution in [2.24, 2.45) is 0 Å². The van der Waals surface area contributed by atoms with Gasteiger partial charge in [0.1, 0.15) is 5.75 Å². The van der Waals surface area contributed by atoms with E-state index in [9.17, 15) is 0 Å². The van der Waals surface area contributed by atoms with Crippen LogP contribution in [0.2, 0.25) is 0 Å². The van der Waals surface area contributed by atoms with Crippen LogP contribution in [0.1, 0.15) is 22.3 Å². The first-order valence-electron chi connectivity index (χ1n) is 8.37. The molecule has 0 spiro atoms. The fourth-order valence-electron chi connectivity index (χ4n) is 3.57. The van der Waals surface area contributed by atoms with Crippen molar-refractivity contribution in [1.29, 1.82) is 0 Å². The van der Waals surface area contributed by atoms with Crippen LogP contribution in [-0.2, 0) is 19.3 Å². The van der Waals surface area contributed by atoms with Gasteiger partial charge in [-0.3, -0.25) is 0 Å². The number of rotatable bonds is 4. The van der Waals surface area contributed by atoms with Crippen molar-refractivity contribution in [3.63, 3.8) is 0 Å². The van der Waals surface area contributed by atoms with Gasteiger partial charge >= 0.3 is 0 Å². The molecule has 0 heterocycles. The van der Waals surface area contributed by atoms with Crippen LogP contribution < -0.4 is 10.5 Å². The molecule has 24 heavy (non-hydrogen) atoms. The highest BCUT2D eigenvalue weighted by molar-refractivity contribution is 5.82. The van der Waals surface area contributed by atoms with Crippen LogP contribution in [0, 0.1) is 0 Å². The number of ether oxygens (including phenoxy) is 1. The van der Waals surface area contributed by atoms with Crippen LogP contribution in [0.25, 0.3) is 11.1 Å². The summed E-state index contributed by atoms with van der Waals surface area (Å²) in [5.74, 6) is 0.897. The molecule has 0 bridgehead atoms. The Labute approximate surface area is 142 Å². The highest BCUT2D eigenvalue weighted by Crippen LogP contribution is 2.40. The third-order valence-electron chi connectivity index (χ3n) is 4.96. The molecule has 1 aliphatic carbocycles. The molecule has 0 amide bonds. The first-order valence-corrected chi connectivity index (χ1v) is 8.37. The molecule has 2 N–H and O–H groups in total. The van der Waals surface area contributed by atoms with Crippen molar-refractivity contribution in [2.45, 2.75) is 19.3 Å². The normalized spacial score (nSPS) is 11.9. The van der Waals surface area contributed by atoms with Crippen LogP contribution >= 0.6 is 0 Å². The number of aryl methyl sites for hydroxylation is 2. The highest BCUT2D eigenvalue weighted by atomic mass is 16.5. The molecule has 120 valence electrons. The van der Waals surface area contributed by atoms with E-state index in [2.05, 4.69) is 48.5 Å². The minimum Gasteiger partial charge on any atom is -0.497 e. The Morgan fingerprint density at radius 2 is 1.67 bits per heavy atom. The van der Waals surface area contributed by atoms with E-state index in [1.807, 2.05) is 12.1 Å². The Bertz CT molecular complexity index is 881. The van der Waals surface area contributed by atoms with E-state index >= 15 is 0 Å². The minimum atomic E-state index is 0.897. The Morgan fingerprint density at radius 3 is 2.46 bits per heavy atom. The lowest BCUT2D eigenvalue weighted by Gasteiger charge is -2.11. The Hall–Kier alpha value is -2.74. The monoisotopic (exact) mass is 315 g/mol. The van der Waals surface area contributed by atoms with Gasteiger partial charge < -0.3 is 10.5 Å². The molecule has 4 rings (SSSR count). The average Bonchev–Trinajstić information content (AvgIpc) is 3.01. The zero-order chi connectivity index (χ0) is 16.5. The summed E-state index contributed by atoms with van der Waals surface area (Å²) in [4.78, 5) is 0. The summed E-state index contributed by atoms with van der Waals surface area (Å²) in [7, 11) is 1.69. The van der Waals surface area contributed by atoms with E-state index in [0.29, 0.717) is 0 Å². The van der Waals surface area contributed by atoms with Crippen molar-refractivity contribution in [3.05, 3.63) is 82.9 Å². The first-order chi connectivity index (χ1) is 11.8. The molecule has 2 nitrogen and oxygen atoms in total. The molecule has 3 aromatic carbocycles. The van der Waals surface area contributed by atoms with Gasteiger partial charge in [-0.25, -0.2) is 0 Å². The third-order valence-corrected chi connectivity index (χ3v) is 4.96. The molecule has 2 heteroatoms. The van der Waals surface area contributed by atoms with E-state index in [0.717, 1.165) is 30.7 Å². The molecule has 0 radical (unpaired) electrons. The molecular formula is C22H21NO. The maximum absolute atomic E-state index is 6.50. The van der Waals surface area contributed by atoms with E-state index in [1.54, 1.807) is 7.11 Å². The summed E-state index contributed by atoms with van der Waals surface area (Å²) in [6.07, 6.45) is 2.90. The zero-order valence-corrected chi connectivity index (χ0v) is 13.9. The predicted molar refractivity (Wildman–Crippen MR) is 99.5 cm³/mol. The van der Waals surface area contributed by atoms with Gasteiger partial charge in [0, 0.05) is 12.1 Å².